The van der Waals surface area contributed by atoms with Gasteiger partial charge in [-0.1, -0.05) is 0 Å². The maximum atomic E-state index is 11.7. The lowest BCUT2D eigenvalue weighted by atomic mass is 10.1. The molecule has 10 nitrogen and oxygen atoms in total. The number of rotatable bonds is 10. The first-order chi connectivity index (χ1) is 9.73. The van der Waals surface area contributed by atoms with Crippen molar-refractivity contribution in [2.45, 2.75) is 37.8 Å². The number of hydrogen-bond acceptors (Lipinski definition) is 5. The number of aliphatic carboxylic acids is 2. The third-order valence-corrected chi connectivity index (χ3v) is 2.57. The highest BCUT2D eigenvalue weighted by molar-refractivity contribution is 5.87. The smallest absolute Gasteiger partial charge is 0.326 e. The minimum absolute atomic E-state index is 0.0680. The monoisotopic (exact) mass is 303 g/mol. The van der Waals surface area contributed by atoms with Crippen LogP contribution in [0.15, 0.2) is 4.99 Å². The molecule has 0 fully saturated rings. The van der Waals surface area contributed by atoms with Crippen LogP contribution in [0, 0.1) is 0 Å². The molecule has 2 atom stereocenters. The van der Waals surface area contributed by atoms with Crippen LogP contribution in [0.5, 0.6) is 0 Å². The molecule has 0 aliphatic carbocycles. The van der Waals surface area contributed by atoms with Gasteiger partial charge in [0.15, 0.2) is 5.96 Å². The van der Waals surface area contributed by atoms with Gasteiger partial charge in [0.1, 0.15) is 6.04 Å². The average Bonchev–Trinajstić information content (AvgIpc) is 2.38. The first-order valence-corrected chi connectivity index (χ1v) is 6.30. The van der Waals surface area contributed by atoms with Crippen LogP contribution in [0.3, 0.4) is 0 Å². The van der Waals surface area contributed by atoms with E-state index in [1.165, 1.54) is 0 Å². The first kappa shape index (κ1) is 18.6. The van der Waals surface area contributed by atoms with Crippen molar-refractivity contribution in [2.24, 2.45) is 22.2 Å². The van der Waals surface area contributed by atoms with Crippen molar-refractivity contribution in [1.29, 1.82) is 0 Å². The van der Waals surface area contributed by atoms with Crippen LogP contribution in [0.1, 0.15) is 25.7 Å². The van der Waals surface area contributed by atoms with E-state index in [1.807, 2.05) is 0 Å². The van der Waals surface area contributed by atoms with E-state index in [2.05, 4.69) is 10.3 Å². The second-order valence-electron chi connectivity index (χ2n) is 4.39. The first-order valence-electron chi connectivity index (χ1n) is 6.30. The fourth-order valence-corrected chi connectivity index (χ4v) is 1.45. The number of carbonyl (C=O) groups excluding carboxylic acids is 1. The van der Waals surface area contributed by atoms with Gasteiger partial charge in [-0.05, 0) is 19.3 Å². The van der Waals surface area contributed by atoms with Gasteiger partial charge in [-0.2, -0.15) is 0 Å². The van der Waals surface area contributed by atoms with Crippen LogP contribution in [-0.2, 0) is 14.4 Å². The van der Waals surface area contributed by atoms with Crippen LogP contribution in [-0.4, -0.2) is 52.6 Å². The number of aliphatic imine (C=N–C) groups is 1. The number of hydrogen-bond donors (Lipinski definition) is 6. The lowest BCUT2D eigenvalue weighted by molar-refractivity contribution is -0.142. The Morgan fingerprint density at radius 3 is 2.24 bits per heavy atom. The molecule has 0 aromatic heterocycles. The van der Waals surface area contributed by atoms with Crippen molar-refractivity contribution in [2.75, 3.05) is 6.54 Å². The van der Waals surface area contributed by atoms with Crippen LogP contribution < -0.4 is 22.5 Å². The number of nitrogens with one attached hydrogen (secondary N) is 1. The molecule has 0 heterocycles. The van der Waals surface area contributed by atoms with Gasteiger partial charge in [0.05, 0.1) is 6.04 Å². The fourth-order valence-electron chi connectivity index (χ4n) is 1.45. The summed E-state index contributed by atoms with van der Waals surface area (Å²) < 4.78 is 0. The zero-order valence-electron chi connectivity index (χ0n) is 11.5. The number of carboxylic acid groups (broad SMARTS) is 2. The summed E-state index contributed by atoms with van der Waals surface area (Å²) in [6, 6.07) is -2.19. The normalized spacial score (nSPS) is 13.0. The van der Waals surface area contributed by atoms with Crippen molar-refractivity contribution in [3.05, 3.63) is 0 Å². The van der Waals surface area contributed by atoms with E-state index < -0.39 is 29.9 Å². The highest BCUT2D eigenvalue weighted by atomic mass is 16.4. The SMILES string of the molecule is NC(N)=NCCC[C@@H](NC(=O)[C@@H](N)CCC(=O)O)C(=O)O. The molecular weight excluding hydrogens is 282 g/mol. The molecule has 120 valence electrons. The van der Waals surface area contributed by atoms with Gasteiger partial charge in [-0.3, -0.25) is 14.6 Å². The molecule has 0 radical (unpaired) electrons. The van der Waals surface area contributed by atoms with E-state index in [-0.39, 0.29) is 31.8 Å². The fraction of sp³-hybridized carbons (Fsp3) is 0.636. The minimum Gasteiger partial charge on any atom is -0.481 e. The summed E-state index contributed by atoms with van der Waals surface area (Å²) in [6.45, 7) is 0.243. The summed E-state index contributed by atoms with van der Waals surface area (Å²) in [4.78, 5) is 36.7. The molecule has 0 saturated carbocycles. The number of nitrogens with zero attached hydrogens (tertiary/aromatic N) is 1. The van der Waals surface area contributed by atoms with Crippen molar-refractivity contribution in [3.8, 4) is 0 Å². The summed E-state index contributed by atoms with van der Waals surface area (Å²) in [6.07, 6.45) is 0.154. The Balaban J connectivity index is 4.29. The Morgan fingerprint density at radius 1 is 1.14 bits per heavy atom. The predicted octanol–water partition coefficient (Wildman–Crippen LogP) is -2.20. The topological polar surface area (TPSA) is 194 Å². The molecular formula is C11H21N5O5. The van der Waals surface area contributed by atoms with Gasteiger partial charge in [0, 0.05) is 13.0 Å². The Kier molecular flexibility index (Phi) is 8.46. The van der Waals surface area contributed by atoms with Crippen LogP contribution in [0.4, 0.5) is 0 Å². The summed E-state index contributed by atoms with van der Waals surface area (Å²) in [5.74, 6) is -3.09. The number of guanidine groups is 1. The van der Waals surface area contributed by atoms with E-state index in [0.717, 1.165) is 0 Å². The van der Waals surface area contributed by atoms with Crippen molar-refractivity contribution < 1.29 is 24.6 Å². The van der Waals surface area contributed by atoms with Gasteiger partial charge in [-0.25, -0.2) is 4.79 Å². The average molecular weight is 303 g/mol. The molecule has 0 rings (SSSR count). The molecule has 0 aromatic carbocycles. The number of carbonyl (C=O) groups is 3. The Hall–Kier alpha value is -2.36. The van der Waals surface area contributed by atoms with E-state index in [9.17, 15) is 14.4 Å². The quantitative estimate of drug-likeness (QED) is 0.148. The molecule has 0 aliphatic rings. The summed E-state index contributed by atoms with van der Waals surface area (Å²) >= 11 is 0. The summed E-state index contributed by atoms with van der Waals surface area (Å²) in [5, 5.41) is 19.7. The standard InChI is InChI=1S/C11H21N5O5/c12-6(3-4-8(17)18)9(19)16-7(10(20)21)2-1-5-15-11(13)14/h6-7H,1-5,12H2,(H,16,19)(H,17,18)(H,20,21)(H4,13,14,15)/t6-,7+/m0/s1. The Morgan fingerprint density at radius 2 is 1.76 bits per heavy atom. The number of amides is 1. The molecule has 9 N–H and O–H groups in total. The third kappa shape index (κ3) is 9.21. The molecule has 0 aliphatic heterocycles. The molecule has 21 heavy (non-hydrogen) atoms. The molecule has 0 unspecified atom stereocenters. The molecule has 0 aromatic rings. The maximum Gasteiger partial charge on any atom is 0.326 e. The van der Waals surface area contributed by atoms with Gasteiger partial charge in [0.25, 0.3) is 0 Å². The van der Waals surface area contributed by atoms with Crippen molar-refractivity contribution in [1.82, 2.24) is 5.32 Å². The number of carboxylic acids is 2. The van der Waals surface area contributed by atoms with E-state index in [1.54, 1.807) is 0 Å². The molecule has 0 saturated heterocycles. The maximum absolute atomic E-state index is 11.7. The van der Waals surface area contributed by atoms with Crippen molar-refractivity contribution in [3.63, 3.8) is 0 Å². The second-order valence-corrected chi connectivity index (χ2v) is 4.39. The predicted molar refractivity (Wildman–Crippen MR) is 74.3 cm³/mol. The van der Waals surface area contributed by atoms with Crippen molar-refractivity contribution >= 4 is 23.8 Å². The molecule has 0 bridgehead atoms. The van der Waals surface area contributed by atoms with Gasteiger partial charge in [0.2, 0.25) is 5.91 Å². The molecule has 10 heteroatoms. The lowest BCUT2D eigenvalue weighted by Crippen LogP contribution is -2.48. The summed E-state index contributed by atoms with van der Waals surface area (Å²) in [5.41, 5.74) is 15.7. The van der Waals surface area contributed by atoms with E-state index in [0.29, 0.717) is 6.42 Å². The van der Waals surface area contributed by atoms with E-state index >= 15 is 0 Å². The Labute approximate surface area is 121 Å². The summed E-state index contributed by atoms with van der Waals surface area (Å²) in [7, 11) is 0. The van der Waals surface area contributed by atoms with Crippen LogP contribution in [0.2, 0.25) is 0 Å². The second kappa shape index (κ2) is 9.53. The van der Waals surface area contributed by atoms with Crippen LogP contribution in [0.25, 0.3) is 0 Å². The van der Waals surface area contributed by atoms with Gasteiger partial charge in [-0.15, -0.1) is 0 Å². The Bertz CT molecular complexity index is 408. The van der Waals surface area contributed by atoms with Gasteiger partial charge >= 0.3 is 11.9 Å². The third-order valence-electron chi connectivity index (χ3n) is 2.57. The van der Waals surface area contributed by atoms with Gasteiger partial charge < -0.3 is 32.7 Å². The zero-order valence-corrected chi connectivity index (χ0v) is 11.5. The zero-order chi connectivity index (χ0) is 16.4. The molecule has 1 amide bonds. The highest BCUT2D eigenvalue weighted by Crippen LogP contribution is 2.01. The largest absolute Gasteiger partial charge is 0.481 e. The van der Waals surface area contributed by atoms with E-state index in [4.69, 9.17) is 27.4 Å². The lowest BCUT2D eigenvalue weighted by Gasteiger charge is -2.17. The molecule has 0 spiro atoms. The van der Waals surface area contributed by atoms with Crippen LogP contribution >= 0.6 is 0 Å². The number of nitrogens with two attached hydrogens (primary N) is 3. The minimum atomic E-state index is -1.21. The highest BCUT2D eigenvalue weighted by Gasteiger charge is 2.23.